The summed E-state index contributed by atoms with van der Waals surface area (Å²) in [7, 11) is 0. The van der Waals surface area contributed by atoms with E-state index in [1.54, 1.807) is 12.1 Å². The monoisotopic (exact) mass is 297 g/mol. The summed E-state index contributed by atoms with van der Waals surface area (Å²) in [5.74, 6) is -0.549. The van der Waals surface area contributed by atoms with Gasteiger partial charge in [-0.15, -0.1) is 0 Å². The van der Waals surface area contributed by atoms with E-state index >= 15 is 0 Å². The Labute approximate surface area is 125 Å². The maximum atomic E-state index is 12.8. The summed E-state index contributed by atoms with van der Waals surface area (Å²) in [5.41, 5.74) is 1.54. The van der Waals surface area contributed by atoms with Crippen molar-refractivity contribution in [3.8, 4) is 11.4 Å². The first-order valence-electron chi connectivity index (χ1n) is 6.64. The fourth-order valence-corrected chi connectivity index (χ4v) is 1.88. The topological polar surface area (TPSA) is 68.0 Å². The quantitative estimate of drug-likeness (QED) is 0.804. The van der Waals surface area contributed by atoms with Crippen molar-refractivity contribution in [1.29, 1.82) is 0 Å². The molecule has 1 heterocycles. The third kappa shape index (κ3) is 3.17. The van der Waals surface area contributed by atoms with Gasteiger partial charge >= 0.3 is 11.8 Å². The van der Waals surface area contributed by atoms with Crippen LogP contribution in [0.5, 0.6) is 0 Å². The van der Waals surface area contributed by atoms with Crippen LogP contribution >= 0.6 is 0 Å². The molecule has 0 fully saturated rings. The summed E-state index contributed by atoms with van der Waals surface area (Å²) in [5, 5.41) is 6.42. The maximum absolute atomic E-state index is 12.8. The van der Waals surface area contributed by atoms with Gasteiger partial charge in [0.05, 0.1) is 0 Å². The van der Waals surface area contributed by atoms with Gasteiger partial charge in [0, 0.05) is 12.1 Å². The molecule has 110 valence electrons. The zero-order chi connectivity index (χ0) is 15.4. The Morgan fingerprint density at radius 2 is 1.82 bits per heavy atom. The molecule has 0 unspecified atom stereocenters. The van der Waals surface area contributed by atoms with Crippen LogP contribution in [0.15, 0.2) is 59.1 Å². The number of nitrogens with zero attached hydrogens (tertiary/aromatic N) is 2. The van der Waals surface area contributed by atoms with E-state index in [4.69, 9.17) is 4.52 Å². The van der Waals surface area contributed by atoms with Crippen molar-refractivity contribution in [3.05, 3.63) is 71.9 Å². The van der Waals surface area contributed by atoms with Gasteiger partial charge < -0.3 is 9.84 Å². The molecule has 5 nitrogen and oxygen atoms in total. The van der Waals surface area contributed by atoms with Crippen LogP contribution in [0.25, 0.3) is 11.4 Å². The Kier molecular flexibility index (Phi) is 3.91. The molecule has 0 atom stereocenters. The summed E-state index contributed by atoms with van der Waals surface area (Å²) in [4.78, 5) is 16.0. The number of carbonyl (C=O) groups is 1. The molecule has 3 rings (SSSR count). The van der Waals surface area contributed by atoms with E-state index in [2.05, 4.69) is 15.5 Å². The standard InChI is InChI=1S/C16H12FN3O2/c17-13-8-6-11(7-9-13)10-18-15(21)16-19-14(20-22-16)12-4-2-1-3-5-12/h1-9H,10H2,(H,18,21). The van der Waals surface area contributed by atoms with E-state index in [0.29, 0.717) is 5.82 Å². The average molecular weight is 297 g/mol. The molecule has 0 aliphatic rings. The summed E-state index contributed by atoms with van der Waals surface area (Å²) >= 11 is 0. The largest absolute Gasteiger partial charge is 0.344 e. The minimum atomic E-state index is -0.473. The number of benzene rings is 2. The SMILES string of the molecule is O=C(NCc1ccc(F)cc1)c1nc(-c2ccccc2)no1. The highest BCUT2D eigenvalue weighted by atomic mass is 19.1. The summed E-state index contributed by atoms with van der Waals surface area (Å²) in [6.45, 7) is 0.252. The molecule has 2 aromatic carbocycles. The third-order valence-corrected chi connectivity index (χ3v) is 3.02. The molecule has 0 radical (unpaired) electrons. The molecular weight excluding hydrogens is 285 g/mol. The number of aromatic nitrogens is 2. The van der Waals surface area contributed by atoms with Gasteiger partial charge in [-0.05, 0) is 17.7 Å². The zero-order valence-corrected chi connectivity index (χ0v) is 11.5. The first kappa shape index (κ1) is 13.9. The first-order valence-corrected chi connectivity index (χ1v) is 6.64. The Hall–Kier alpha value is -3.02. The van der Waals surface area contributed by atoms with Crippen LogP contribution in [0.2, 0.25) is 0 Å². The van der Waals surface area contributed by atoms with E-state index in [0.717, 1.165) is 11.1 Å². The van der Waals surface area contributed by atoms with Crippen LogP contribution in [0.1, 0.15) is 16.2 Å². The van der Waals surface area contributed by atoms with Crippen LogP contribution in [0.4, 0.5) is 4.39 Å². The van der Waals surface area contributed by atoms with Crippen molar-refractivity contribution in [2.45, 2.75) is 6.54 Å². The molecule has 0 saturated carbocycles. The van der Waals surface area contributed by atoms with Crippen LogP contribution < -0.4 is 5.32 Å². The Balaban J connectivity index is 1.66. The van der Waals surface area contributed by atoms with Gasteiger partial charge in [-0.1, -0.05) is 47.6 Å². The third-order valence-electron chi connectivity index (χ3n) is 3.02. The molecule has 0 aliphatic heterocycles. The van der Waals surface area contributed by atoms with Crippen LogP contribution in [0.3, 0.4) is 0 Å². The molecule has 3 aromatic rings. The van der Waals surface area contributed by atoms with Gasteiger partial charge in [0.2, 0.25) is 5.82 Å². The number of amides is 1. The minimum Gasteiger partial charge on any atom is -0.344 e. The lowest BCUT2D eigenvalue weighted by Crippen LogP contribution is -2.23. The van der Waals surface area contributed by atoms with Gasteiger partial charge in [-0.25, -0.2) is 4.39 Å². The fourth-order valence-electron chi connectivity index (χ4n) is 1.88. The molecule has 1 aromatic heterocycles. The second-order valence-corrected chi connectivity index (χ2v) is 4.60. The Bertz CT molecular complexity index is 770. The first-order chi connectivity index (χ1) is 10.7. The molecule has 0 spiro atoms. The summed E-state index contributed by atoms with van der Waals surface area (Å²) < 4.78 is 17.7. The predicted octanol–water partition coefficient (Wildman–Crippen LogP) is 2.81. The van der Waals surface area contributed by atoms with Crippen LogP contribution in [-0.4, -0.2) is 16.0 Å². The Morgan fingerprint density at radius 3 is 2.55 bits per heavy atom. The molecule has 0 saturated heterocycles. The zero-order valence-electron chi connectivity index (χ0n) is 11.5. The van der Waals surface area contributed by atoms with Crippen molar-refractivity contribution in [1.82, 2.24) is 15.5 Å². The maximum Gasteiger partial charge on any atom is 0.316 e. The van der Waals surface area contributed by atoms with E-state index in [1.165, 1.54) is 12.1 Å². The number of hydrogen-bond acceptors (Lipinski definition) is 4. The molecule has 1 amide bonds. The smallest absolute Gasteiger partial charge is 0.316 e. The van der Waals surface area contributed by atoms with Gasteiger partial charge in [0.25, 0.3) is 0 Å². The van der Waals surface area contributed by atoms with E-state index in [1.807, 2.05) is 30.3 Å². The van der Waals surface area contributed by atoms with Gasteiger partial charge in [0.1, 0.15) is 5.82 Å². The lowest BCUT2D eigenvalue weighted by Gasteiger charge is -2.01. The number of hydrogen-bond donors (Lipinski definition) is 1. The average Bonchev–Trinajstić information content (AvgIpc) is 3.05. The predicted molar refractivity (Wildman–Crippen MR) is 77.3 cm³/mol. The lowest BCUT2D eigenvalue weighted by molar-refractivity contribution is 0.0907. The fraction of sp³-hybridized carbons (Fsp3) is 0.0625. The highest BCUT2D eigenvalue weighted by molar-refractivity contribution is 5.89. The number of nitrogens with one attached hydrogen (secondary N) is 1. The molecule has 1 N–H and O–H groups in total. The van der Waals surface area contributed by atoms with Crippen LogP contribution in [-0.2, 0) is 6.54 Å². The van der Waals surface area contributed by atoms with E-state index in [9.17, 15) is 9.18 Å². The van der Waals surface area contributed by atoms with Gasteiger partial charge in [-0.2, -0.15) is 4.98 Å². The summed E-state index contributed by atoms with van der Waals surface area (Å²) in [6, 6.07) is 15.1. The molecule has 22 heavy (non-hydrogen) atoms. The van der Waals surface area contributed by atoms with Gasteiger partial charge in [-0.3, -0.25) is 4.79 Å². The molecule has 6 heteroatoms. The van der Waals surface area contributed by atoms with Crippen molar-refractivity contribution in [2.24, 2.45) is 0 Å². The summed E-state index contributed by atoms with van der Waals surface area (Å²) in [6.07, 6.45) is 0. The van der Waals surface area contributed by atoms with Crippen molar-refractivity contribution >= 4 is 5.91 Å². The minimum absolute atomic E-state index is 0.110. The van der Waals surface area contributed by atoms with E-state index < -0.39 is 5.91 Å². The van der Waals surface area contributed by atoms with Gasteiger partial charge in [0.15, 0.2) is 0 Å². The number of halogens is 1. The highest BCUT2D eigenvalue weighted by Crippen LogP contribution is 2.14. The molecular formula is C16H12FN3O2. The Morgan fingerprint density at radius 1 is 1.09 bits per heavy atom. The molecule has 0 aliphatic carbocycles. The van der Waals surface area contributed by atoms with E-state index in [-0.39, 0.29) is 18.3 Å². The number of rotatable bonds is 4. The van der Waals surface area contributed by atoms with Crippen molar-refractivity contribution in [3.63, 3.8) is 0 Å². The van der Waals surface area contributed by atoms with Crippen LogP contribution in [0, 0.1) is 5.82 Å². The normalized spacial score (nSPS) is 10.4. The lowest BCUT2D eigenvalue weighted by atomic mass is 10.2. The second-order valence-electron chi connectivity index (χ2n) is 4.60. The van der Waals surface area contributed by atoms with Crippen molar-refractivity contribution < 1.29 is 13.7 Å². The second kappa shape index (κ2) is 6.17. The van der Waals surface area contributed by atoms with Crippen molar-refractivity contribution in [2.75, 3.05) is 0 Å². The highest BCUT2D eigenvalue weighted by Gasteiger charge is 2.15. The number of carbonyl (C=O) groups excluding carboxylic acids is 1. The molecule has 0 bridgehead atoms.